The lowest BCUT2D eigenvalue weighted by Gasteiger charge is -2.29. The van der Waals surface area contributed by atoms with Gasteiger partial charge in [-0.2, -0.15) is 0 Å². The van der Waals surface area contributed by atoms with Crippen LogP contribution < -0.4 is 15.5 Å². The molecule has 2 aromatic carbocycles. The fourth-order valence-corrected chi connectivity index (χ4v) is 4.25. The summed E-state index contributed by atoms with van der Waals surface area (Å²) in [6.45, 7) is 2.74. The number of hydrogen-bond acceptors (Lipinski definition) is 5. The number of hydrogen-bond donors (Lipinski definition) is 2. The van der Waals surface area contributed by atoms with E-state index >= 15 is 0 Å². The number of carbonyl (C=O) groups excluding carboxylic acids is 3. The minimum absolute atomic E-state index is 0.0211. The number of aryl methyl sites for hydroxylation is 1. The van der Waals surface area contributed by atoms with Gasteiger partial charge in [0.05, 0.1) is 12.3 Å². The number of ether oxygens (including phenoxy) is 1. The molecule has 2 N–H and O–H groups in total. The topological polar surface area (TPSA) is 92.7 Å². The highest BCUT2D eigenvalue weighted by molar-refractivity contribution is 7.80. The Hall–Kier alpha value is -3.53. The van der Waals surface area contributed by atoms with Crippen LogP contribution in [-0.2, 0) is 25.7 Å². The summed E-state index contributed by atoms with van der Waals surface area (Å²) >= 11 is 11.5. The maximum atomic E-state index is 13.4. The van der Waals surface area contributed by atoms with Crippen LogP contribution >= 0.6 is 23.8 Å². The van der Waals surface area contributed by atoms with Crippen molar-refractivity contribution in [2.45, 2.75) is 13.5 Å². The van der Waals surface area contributed by atoms with Crippen LogP contribution in [0.2, 0.25) is 5.02 Å². The number of anilines is 1. The first-order valence-corrected chi connectivity index (χ1v) is 11.6. The molecule has 10 heteroatoms. The number of carbonyl (C=O) groups is 3. The van der Waals surface area contributed by atoms with E-state index in [1.807, 2.05) is 31.2 Å². The van der Waals surface area contributed by atoms with Gasteiger partial charge in [-0.3, -0.25) is 24.6 Å². The number of halogens is 1. The standard InChI is InChI=1S/C25H23ClN4O4S/c1-15-7-8-17(12-20(15)26)30-24(33)19(23(32)28-25(30)35)11-16-13-29(14-22(31)27-9-10-34-2)21-6-4-3-5-18(16)21/h3-8,11-13H,9-10,14H2,1-2H3,(H,27,31)(H,28,32,35). The molecule has 1 aromatic heterocycles. The van der Waals surface area contributed by atoms with E-state index in [1.54, 1.807) is 36.1 Å². The van der Waals surface area contributed by atoms with Crippen molar-refractivity contribution < 1.29 is 19.1 Å². The second kappa shape index (κ2) is 10.4. The molecule has 0 saturated carbocycles. The van der Waals surface area contributed by atoms with Crippen LogP contribution in [0.5, 0.6) is 0 Å². The molecule has 2 heterocycles. The molecule has 4 rings (SSSR count). The molecule has 0 radical (unpaired) electrons. The molecular formula is C25H23ClN4O4S. The third kappa shape index (κ3) is 5.12. The van der Waals surface area contributed by atoms with Gasteiger partial charge in [-0.15, -0.1) is 0 Å². The van der Waals surface area contributed by atoms with E-state index in [2.05, 4.69) is 10.6 Å². The number of thiocarbonyl (C=S) groups is 1. The number of amides is 3. The molecule has 3 aromatic rings. The van der Waals surface area contributed by atoms with E-state index < -0.39 is 11.8 Å². The Morgan fingerprint density at radius 1 is 1.23 bits per heavy atom. The third-order valence-electron chi connectivity index (χ3n) is 5.58. The molecular weight excluding hydrogens is 488 g/mol. The molecule has 1 aliphatic heterocycles. The highest BCUT2D eigenvalue weighted by atomic mass is 35.5. The van der Waals surface area contributed by atoms with E-state index in [0.29, 0.717) is 29.4 Å². The van der Waals surface area contributed by atoms with Crippen LogP contribution in [0.3, 0.4) is 0 Å². The van der Waals surface area contributed by atoms with E-state index in [9.17, 15) is 14.4 Å². The van der Waals surface area contributed by atoms with E-state index in [0.717, 1.165) is 16.5 Å². The van der Waals surface area contributed by atoms with Crippen LogP contribution in [0.4, 0.5) is 5.69 Å². The summed E-state index contributed by atoms with van der Waals surface area (Å²) in [5.41, 5.74) is 2.64. The molecule has 3 amide bonds. The van der Waals surface area contributed by atoms with Crippen LogP contribution in [0.25, 0.3) is 17.0 Å². The number of nitrogens with zero attached hydrogens (tertiary/aromatic N) is 2. The molecule has 1 aliphatic rings. The Morgan fingerprint density at radius 3 is 2.74 bits per heavy atom. The Kier molecular flexibility index (Phi) is 7.30. The van der Waals surface area contributed by atoms with Crippen molar-refractivity contribution in [3.05, 3.63) is 70.4 Å². The zero-order valence-electron chi connectivity index (χ0n) is 19.1. The fourth-order valence-electron chi connectivity index (χ4n) is 3.79. The molecule has 0 atom stereocenters. The van der Waals surface area contributed by atoms with Crippen molar-refractivity contribution >= 4 is 69.3 Å². The second-order valence-corrected chi connectivity index (χ2v) is 8.76. The highest BCUT2D eigenvalue weighted by Gasteiger charge is 2.35. The maximum Gasteiger partial charge on any atom is 0.270 e. The molecule has 8 nitrogen and oxygen atoms in total. The lowest BCUT2D eigenvalue weighted by Crippen LogP contribution is -2.54. The summed E-state index contributed by atoms with van der Waals surface area (Å²) in [6.07, 6.45) is 3.26. The quantitative estimate of drug-likeness (QED) is 0.220. The van der Waals surface area contributed by atoms with Crippen molar-refractivity contribution in [2.24, 2.45) is 0 Å². The summed E-state index contributed by atoms with van der Waals surface area (Å²) in [5.74, 6) is -1.34. The average molecular weight is 511 g/mol. The lowest BCUT2D eigenvalue weighted by atomic mass is 10.1. The number of benzene rings is 2. The van der Waals surface area contributed by atoms with Gasteiger partial charge in [0.2, 0.25) is 5.91 Å². The van der Waals surface area contributed by atoms with Gasteiger partial charge in [0.1, 0.15) is 12.1 Å². The number of nitrogens with one attached hydrogen (secondary N) is 2. The van der Waals surface area contributed by atoms with Gasteiger partial charge in [0.25, 0.3) is 11.8 Å². The number of aromatic nitrogens is 1. The molecule has 1 saturated heterocycles. The Morgan fingerprint density at radius 2 is 2.00 bits per heavy atom. The lowest BCUT2D eigenvalue weighted by molar-refractivity contribution is -0.123. The fraction of sp³-hybridized carbons (Fsp3) is 0.200. The predicted octanol–water partition coefficient (Wildman–Crippen LogP) is 3.20. The van der Waals surface area contributed by atoms with E-state index in [4.69, 9.17) is 28.6 Å². The SMILES string of the molecule is COCCNC(=O)Cn1cc(C=C2C(=O)NC(=S)N(c3ccc(C)c(Cl)c3)C2=O)c2ccccc21. The van der Waals surface area contributed by atoms with Crippen LogP contribution in [-0.4, -0.2) is 47.7 Å². The van der Waals surface area contributed by atoms with E-state index in [-0.39, 0.29) is 23.1 Å². The minimum atomic E-state index is -0.594. The van der Waals surface area contributed by atoms with Crippen molar-refractivity contribution in [2.75, 3.05) is 25.2 Å². The minimum Gasteiger partial charge on any atom is -0.383 e. The van der Waals surface area contributed by atoms with Gasteiger partial charge in [-0.05, 0) is 49.0 Å². The molecule has 0 aliphatic carbocycles. The van der Waals surface area contributed by atoms with Gasteiger partial charge in [0.15, 0.2) is 5.11 Å². The maximum absolute atomic E-state index is 13.4. The normalized spacial score (nSPS) is 15.1. The second-order valence-electron chi connectivity index (χ2n) is 7.96. The Labute approximate surface area is 212 Å². The van der Waals surface area contributed by atoms with Crippen molar-refractivity contribution in [1.82, 2.24) is 15.2 Å². The van der Waals surface area contributed by atoms with Crippen LogP contribution in [0, 0.1) is 6.92 Å². The van der Waals surface area contributed by atoms with Gasteiger partial charge < -0.3 is 14.6 Å². The highest BCUT2D eigenvalue weighted by Crippen LogP contribution is 2.28. The number of fused-ring (bicyclic) bond motifs is 1. The Bertz CT molecular complexity index is 1380. The molecule has 0 bridgehead atoms. The van der Waals surface area contributed by atoms with Crippen LogP contribution in [0.15, 0.2) is 54.2 Å². The average Bonchev–Trinajstić information content (AvgIpc) is 3.16. The number of para-hydroxylation sites is 1. The summed E-state index contributed by atoms with van der Waals surface area (Å²) in [7, 11) is 1.56. The number of methoxy groups -OCH3 is 1. The molecule has 180 valence electrons. The summed E-state index contributed by atoms with van der Waals surface area (Å²) in [4.78, 5) is 39.8. The van der Waals surface area contributed by atoms with Crippen molar-refractivity contribution in [3.63, 3.8) is 0 Å². The smallest absolute Gasteiger partial charge is 0.270 e. The summed E-state index contributed by atoms with van der Waals surface area (Å²) in [5, 5.41) is 6.62. The van der Waals surface area contributed by atoms with Crippen LogP contribution in [0.1, 0.15) is 11.1 Å². The first-order valence-electron chi connectivity index (χ1n) is 10.8. The molecule has 1 fully saturated rings. The van der Waals surface area contributed by atoms with Gasteiger partial charge in [0, 0.05) is 41.3 Å². The zero-order valence-corrected chi connectivity index (χ0v) is 20.7. The van der Waals surface area contributed by atoms with Crippen molar-refractivity contribution in [3.8, 4) is 0 Å². The van der Waals surface area contributed by atoms with E-state index in [1.165, 1.54) is 11.0 Å². The Balaban J connectivity index is 1.70. The monoisotopic (exact) mass is 510 g/mol. The largest absolute Gasteiger partial charge is 0.383 e. The molecule has 0 unspecified atom stereocenters. The molecule has 0 spiro atoms. The van der Waals surface area contributed by atoms with Gasteiger partial charge in [-0.1, -0.05) is 35.9 Å². The predicted molar refractivity (Wildman–Crippen MR) is 139 cm³/mol. The first-order chi connectivity index (χ1) is 16.8. The first kappa shape index (κ1) is 24.6. The van der Waals surface area contributed by atoms with Gasteiger partial charge >= 0.3 is 0 Å². The summed E-state index contributed by atoms with van der Waals surface area (Å²) < 4.78 is 6.74. The van der Waals surface area contributed by atoms with Crippen molar-refractivity contribution in [1.29, 1.82) is 0 Å². The molecule has 35 heavy (non-hydrogen) atoms. The van der Waals surface area contributed by atoms with Gasteiger partial charge in [-0.25, -0.2) is 0 Å². The summed E-state index contributed by atoms with van der Waals surface area (Å²) in [6, 6.07) is 12.6. The zero-order chi connectivity index (χ0) is 25.1. The number of rotatable bonds is 7. The third-order valence-corrected chi connectivity index (χ3v) is 6.27.